The lowest BCUT2D eigenvalue weighted by Crippen LogP contribution is -2.47. The van der Waals surface area contributed by atoms with Gasteiger partial charge in [0.1, 0.15) is 17.8 Å². The van der Waals surface area contributed by atoms with Gasteiger partial charge in [0.05, 0.1) is 25.1 Å². The van der Waals surface area contributed by atoms with Crippen molar-refractivity contribution in [1.82, 2.24) is 19.4 Å². The minimum Gasteiger partial charge on any atom is -0.347 e. The van der Waals surface area contributed by atoms with Gasteiger partial charge in [-0.25, -0.2) is 9.97 Å². The Morgan fingerprint density at radius 3 is 2.53 bits per heavy atom. The molecule has 9 heteroatoms. The Hall–Kier alpha value is -2.78. The molecule has 0 radical (unpaired) electrons. The Morgan fingerprint density at radius 1 is 1.17 bits per heavy atom. The molecular weight excluding hydrogens is 386 g/mol. The van der Waals surface area contributed by atoms with Crippen molar-refractivity contribution in [3.05, 3.63) is 36.5 Å². The number of imidazole rings is 1. The summed E-state index contributed by atoms with van der Waals surface area (Å²) in [4.78, 5) is 35.1. The maximum atomic E-state index is 12.8. The number of aromatic nitrogens is 3. The molecule has 9 nitrogen and oxygen atoms in total. The van der Waals surface area contributed by atoms with Crippen LogP contribution < -0.4 is 5.32 Å². The van der Waals surface area contributed by atoms with Gasteiger partial charge in [0.25, 0.3) is 5.91 Å². The predicted molar refractivity (Wildman–Crippen MR) is 109 cm³/mol. The second-order valence-corrected chi connectivity index (χ2v) is 8.12. The summed E-state index contributed by atoms with van der Waals surface area (Å²) < 4.78 is 13.1. The third-order valence-electron chi connectivity index (χ3n) is 5.32. The lowest BCUT2D eigenvalue weighted by atomic mass is 10.0. The molecule has 4 rings (SSSR count). The van der Waals surface area contributed by atoms with E-state index >= 15 is 0 Å². The van der Waals surface area contributed by atoms with E-state index in [2.05, 4.69) is 15.3 Å². The largest absolute Gasteiger partial charge is 0.347 e. The van der Waals surface area contributed by atoms with Gasteiger partial charge in [0, 0.05) is 38.5 Å². The van der Waals surface area contributed by atoms with Gasteiger partial charge in [0.2, 0.25) is 5.91 Å². The molecule has 2 aromatic rings. The molecule has 160 valence electrons. The van der Waals surface area contributed by atoms with Crippen LogP contribution >= 0.6 is 0 Å². The van der Waals surface area contributed by atoms with Crippen molar-refractivity contribution in [2.45, 2.75) is 38.9 Å². The highest BCUT2D eigenvalue weighted by atomic mass is 16.7. The average molecular weight is 413 g/mol. The van der Waals surface area contributed by atoms with Gasteiger partial charge in [-0.3, -0.25) is 14.2 Å². The summed E-state index contributed by atoms with van der Waals surface area (Å²) in [5, 5.41) is 2.83. The van der Waals surface area contributed by atoms with Gasteiger partial charge < -0.3 is 19.7 Å². The first-order chi connectivity index (χ1) is 14.4. The normalized spacial score (nSPS) is 18.2. The number of nitrogens with zero attached hydrogens (tertiary/aromatic N) is 4. The van der Waals surface area contributed by atoms with Crippen molar-refractivity contribution in [2.24, 2.45) is 5.92 Å². The van der Waals surface area contributed by atoms with Gasteiger partial charge in [0.15, 0.2) is 5.79 Å². The Morgan fingerprint density at radius 2 is 1.90 bits per heavy atom. The summed E-state index contributed by atoms with van der Waals surface area (Å²) >= 11 is 0. The summed E-state index contributed by atoms with van der Waals surface area (Å²) in [5.74, 6) is 0.259. The lowest BCUT2D eigenvalue weighted by Gasteiger charge is -2.37. The molecule has 4 heterocycles. The SMILES string of the molecule is CC(C)CC(=O)Nc1ccc(-n2cnc(C(=O)N3CCC4(CC3)OCCO4)c2)nc1. The van der Waals surface area contributed by atoms with E-state index in [9.17, 15) is 9.59 Å². The summed E-state index contributed by atoms with van der Waals surface area (Å²) in [6.45, 7) is 6.38. The summed E-state index contributed by atoms with van der Waals surface area (Å²) in [7, 11) is 0. The van der Waals surface area contributed by atoms with E-state index in [0.29, 0.717) is 68.7 Å². The van der Waals surface area contributed by atoms with E-state index < -0.39 is 5.79 Å². The monoisotopic (exact) mass is 413 g/mol. The van der Waals surface area contributed by atoms with Crippen LogP contribution in [0.3, 0.4) is 0 Å². The molecule has 0 saturated carbocycles. The summed E-state index contributed by atoms with van der Waals surface area (Å²) in [6.07, 6.45) is 6.65. The fourth-order valence-electron chi connectivity index (χ4n) is 3.75. The Kier molecular flexibility index (Phi) is 5.83. The van der Waals surface area contributed by atoms with Crippen LogP contribution in [0.5, 0.6) is 0 Å². The third-order valence-corrected chi connectivity index (χ3v) is 5.32. The molecule has 0 aliphatic carbocycles. The predicted octanol–water partition coefficient (Wildman–Crippen LogP) is 2.23. The zero-order valence-corrected chi connectivity index (χ0v) is 17.3. The number of carbonyl (C=O) groups excluding carboxylic acids is 2. The fraction of sp³-hybridized carbons (Fsp3) is 0.524. The first-order valence-electron chi connectivity index (χ1n) is 10.3. The number of rotatable bonds is 5. The molecule has 2 aromatic heterocycles. The Bertz CT molecular complexity index is 892. The number of likely N-dealkylation sites (tertiary alicyclic amines) is 1. The lowest BCUT2D eigenvalue weighted by molar-refractivity contribution is -0.181. The summed E-state index contributed by atoms with van der Waals surface area (Å²) in [5.41, 5.74) is 1.01. The maximum Gasteiger partial charge on any atom is 0.274 e. The molecule has 2 amide bonds. The number of anilines is 1. The Labute approximate surface area is 175 Å². The van der Waals surface area contributed by atoms with Gasteiger partial charge in [-0.2, -0.15) is 0 Å². The number of nitrogens with one attached hydrogen (secondary N) is 1. The first-order valence-corrected chi connectivity index (χ1v) is 10.3. The molecule has 30 heavy (non-hydrogen) atoms. The molecule has 0 bridgehead atoms. The molecule has 0 atom stereocenters. The maximum absolute atomic E-state index is 12.8. The minimum atomic E-state index is -0.508. The van der Waals surface area contributed by atoms with Crippen LogP contribution in [0.25, 0.3) is 5.82 Å². The molecule has 0 aromatic carbocycles. The first kappa shape index (κ1) is 20.5. The van der Waals surface area contributed by atoms with Crippen LogP contribution in [0.2, 0.25) is 0 Å². The molecule has 2 aliphatic heterocycles. The van der Waals surface area contributed by atoms with Crippen molar-refractivity contribution in [2.75, 3.05) is 31.6 Å². The van der Waals surface area contributed by atoms with Crippen LogP contribution in [0.1, 0.15) is 43.6 Å². The summed E-state index contributed by atoms with van der Waals surface area (Å²) in [6, 6.07) is 3.56. The van der Waals surface area contributed by atoms with Crippen LogP contribution in [0.15, 0.2) is 30.9 Å². The second kappa shape index (κ2) is 8.53. The van der Waals surface area contributed by atoms with Crippen LogP contribution in [0.4, 0.5) is 5.69 Å². The van der Waals surface area contributed by atoms with Gasteiger partial charge in [-0.15, -0.1) is 0 Å². The zero-order valence-electron chi connectivity index (χ0n) is 17.3. The fourth-order valence-corrected chi connectivity index (χ4v) is 3.75. The van der Waals surface area contributed by atoms with Crippen LogP contribution in [-0.4, -0.2) is 63.3 Å². The van der Waals surface area contributed by atoms with E-state index in [1.165, 1.54) is 0 Å². The van der Waals surface area contributed by atoms with E-state index in [1.807, 2.05) is 13.8 Å². The molecule has 2 saturated heterocycles. The standard InChI is InChI=1S/C21H27N5O4/c1-15(2)11-19(27)24-16-3-4-18(22-12-16)26-13-17(23-14-26)20(28)25-7-5-21(6-8-25)29-9-10-30-21/h3-4,12-15H,5-11H2,1-2H3,(H,24,27). The number of amides is 2. The van der Waals surface area contributed by atoms with Crippen molar-refractivity contribution in [1.29, 1.82) is 0 Å². The number of pyridine rings is 1. The highest BCUT2D eigenvalue weighted by Crippen LogP contribution is 2.31. The van der Waals surface area contributed by atoms with E-state index in [0.717, 1.165) is 0 Å². The molecule has 2 fully saturated rings. The minimum absolute atomic E-state index is 0.0354. The number of hydrogen-bond acceptors (Lipinski definition) is 6. The number of hydrogen-bond donors (Lipinski definition) is 1. The topological polar surface area (TPSA) is 98.6 Å². The van der Waals surface area contributed by atoms with Crippen molar-refractivity contribution in [3.8, 4) is 5.82 Å². The number of piperidine rings is 1. The molecule has 0 unspecified atom stereocenters. The average Bonchev–Trinajstić information content (AvgIpc) is 3.38. The third kappa shape index (κ3) is 4.52. The quantitative estimate of drug-likeness (QED) is 0.807. The Balaban J connectivity index is 1.36. The second-order valence-electron chi connectivity index (χ2n) is 8.12. The molecule has 1 N–H and O–H groups in total. The number of carbonyl (C=O) groups is 2. The van der Waals surface area contributed by atoms with Crippen LogP contribution in [-0.2, 0) is 14.3 Å². The van der Waals surface area contributed by atoms with Gasteiger partial charge in [-0.05, 0) is 18.1 Å². The zero-order chi connectivity index (χ0) is 21.1. The molecular formula is C21H27N5O4. The molecule has 2 aliphatic rings. The number of ether oxygens (including phenoxy) is 2. The van der Waals surface area contributed by atoms with E-state index in [1.54, 1.807) is 40.3 Å². The van der Waals surface area contributed by atoms with E-state index in [4.69, 9.17) is 9.47 Å². The van der Waals surface area contributed by atoms with Gasteiger partial charge in [-0.1, -0.05) is 13.8 Å². The van der Waals surface area contributed by atoms with Gasteiger partial charge >= 0.3 is 0 Å². The molecule has 1 spiro atoms. The highest BCUT2D eigenvalue weighted by Gasteiger charge is 2.41. The highest BCUT2D eigenvalue weighted by molar-refractivity contribution is 5.92. The van der Waals surface area contributed by atoms with Crippen LogP contribution in [0, 0.1) is 5.92 Å². The van der Waals surface area contributed by atoms with Crippen molar-refractivity contribution in [3.63, 3.8) is 0 Å². The van der Waals surface area contributed by atoms with Crippen molar-refractivity contribution >= 4 is 17.5 Å². The van der Waals surface area contributed by atoms with E-state index in [-0.39, 0.29) is 11.8 Å². The van der Waals surface area contributed by atoms with Crippen molar-refractivity contribution < 1.29 is 19.1 Å². The smallest absolute Gasteiger partial charge is 0.274 e.